The Morgan fingerprint density at radius 2 is 1.33 bits per heavy atom. The lowest BCUT2D eigenvalue weighted by Gasteiger charge is -1.78. The van der Waals surface area contributed by atoms with Crippen molar-refractivity contribution in [2.24, 2.45) is 10.6 Å². The van der Waals surface area contributed by atoms with Gasteiger partial charge in [0.2, 0.25) is 0 Å². The Kier molecular flexibility index (Phi) is 3.64. The zero-order valence-corrected chi connectivity index (χ0v) is 3.71. The van der Waals surface area contributed by atoms with Crippen LogP contribution in [-0.4, -0.2) is 14.2 Å². The fraction of sp³-hybridized carbons (Fsp3) is 1.00. The highest BCUT2D eigenvalue weighted by Crippen LogP contribution is 1.70. The van der Waals surface area contributed by atoms with E-state index < -0.39 is 0 Å². The van der Waals surface area contributed by atoms with Gasteiger partial charge < -0.3 is 9.68 Å². The normalized spacial score (nSPS) is 9.00. The van der Waals surface area contributed by atoms with Gasteiger partial charge >= 0.3 is 0 Å². The molecule has 0 heterocycles. The van der Waals surface area contributed by atoms with E-state index in [1.807, 2.05) is 0 Å². The summed E-state index contributed by atoms with van der Waals surface area (Å²) in [6.45, 7) is 0. The Balaban J connectivity index is 2.73. The highest BCUT2D eigenvalue weighted by Gasteiger charge is 1.57. The van der Waals surface area contributed by atoms with Crippen molar-refractivity contribution in [3.05, 3.63) is 0 Å². The summed E-state index contributed by atoms with van der Waals surface area (Å²) in [4.78, 5) is 8.23. The molecule has 0 aliphatic rings. The fourth-order valence-corrected chi connectivity index (χ4v) is 0.0667. The van der Waals surface area contributed by atoms with E-state index in [4.69, 9.17) is 0 Å². The van der Waals surface area contributed by atoms with Crippen molar-refractivity contribution in [2.75, 3.05) is 14.2 Å². The molecule has 0 N–H and O–H groups in total. The Bertz CT molecular complexity index is 38.8. The summed E-state index contributed by atoms with van der Waals surface area (Å²) >= 11 is 0. The highest BCUT2D eigenvalue weighted by molar-refractivity contribution is 3.75. The van der Waals surface area contributed by atoms with Gasteiger partial charge in [0.05, 0.1) is 10.6 Å². The largest absolute Gasteiger partial charge is 0.380 e. The highest BCUT2D eigenvalue weighted by atomic mass is 16.7. The van der Waals surface area contributed by atoms with E-state index in [0.717, 1.165) is 0 Å². The van der Waals surface area contributed by atoms with Gasteiger partial charge in [0.15, 0.2) is 0 Å². The summed E-state index contributed by atoms with van der Waals surface area (Å²) in [6.07, 6.45) is 0. The van der Waals surface area contributed by atoms with Gasteiger partial charge in [-0.25, -0.2) is 0 Å². The summed E-state index contributed by atoms with van der Waals surface area (Å²) in [6, 6.07) is 0. The van der Waals surface area contributed by atoms with Crippen LogP contribution in [0.5, 0.6) is 0 Å². The molecule has 0 bridgehead atoms. The monoisotopic (exact) mass is 90.0 g/mol. The van der Waals surface area contributed by atoms with Crippen LogP contribution in [0.1, 0.15) is 0 Å². The zero-order valence-electron chi connectivity index (χ0n) is 3.71. The molecule has 0 amide bonds. The SMILES string of the molecule is CO/N=N/OC. The van der Waals surface area contributed by atoms with E-state index in [9.17, 15) is 0 Å². The predicted molar refractivity (Wildman–Crippen MR) is 18.9 cm³/mol. The number of hydrogen-bond acceptors (Lipinski definition) is 4. The van der Waals surface area contributed by atoms with Gasteiger partial charge in [-0.15, -0.1) is 0 Å². The fourth-order valence-electron chi connectivity index (χ4n) is 0.0667. The standard InChI is InChI=1S/C2H6N2O2/c1-5-3-4-6-2/h1-2H3/b4-3+. The summed E-state index contributed by atoms with van der Waals surface area (Å²) in [5.74, 6) is 0. The van der Waals surface area contributed by atoms with Gasteiger partial charge in [0.1, 0.15) is 14.2 Å². The van der Waals surface area contributed by atoms with Crippen molar-refractivity contribution in [1.82, 2.24) is 0 Å². The van der Waals surface area contributed by atoms with Crippen LogP contribution in [0.2, 0.25) is 0 Å². The van der Waals surface area contributed by atoms with E-state index >= 15 is 0 Å². The van der Waals surface area contributed by atoms with Crippen LogP contribution in [0.15, 0.2) is 10.6 Å². The molecule has 6 heavy (non-hydrogen) atoms. The minimum Gasteiger partial charge on any atom is -0.380 e. The first-order valence-electron chi connectivity index (χ1n) is 1.38. The summed E-state index contributed by atoms with van der Waals surface area (Å²) in [5.41, 5.74) is 0. The maximum absolute atomic E-state index is 4.12. The molecule has 0 spiro atoms. The van der Waals surface area contributed by atoms with E-state index in [-0.39, 0.29) is 0 Å². The van der Waals surface area contributed by atoms with Gasteiger partial charge in [-0.05, 0) is 0 Å². The van der Waals surface area contributed by atoms with Crippen molar-refractivity contribution in [2.45, 2.75) is 0 Å². The first kappa shape index (κ1) is 5.20. The first-order valence-corrected chi connectivity index (χ1v) is 1.38. The van der Waals surface area contributed by atoms with Crippen molar-refractivity contribution in [3.63, 3.8) is 0 Å². The molecule has 4 nitrogen and oxygen atoms in total. The molecule has 0 rings (SSSR count). The predicted octanol–water partition coefficient (Wildman–Crippen LogP) is 0.561. The third-order valence-electron chi connectivity index (χ3n) is 0.197. The molecule has 0 saturated heterocycles. The van der Waals surface area contributed by atoms with Crippen LogP contribution in [0, 0.1) is 0 Å². The van der Waals surface area contributed by atoms with Crippen molar-refractivity contribution in [1.29, 1.82) is 0 Å². The topological polar surface area (TPSA) is 43.2 Å². The Hall–Kier alpha value is -0.800. The molecule has 0 aromatic carbocycles. The summed E-state index contributed by atoms with van der Waals surface area (Å²) in [7, 11) is 2.78. The lowest BCUT2D eigenvalue weighted by atomic mass is 11.7. The van der Waals surface area contributed by atoms with Crippen LogP contribution in [0.25, 0.3) is 0 Å². The average molecular weight is 90.1 g/mol. The molecular weight excluding hydrogens is 84.0 g/mol. The molecule has 36 valence electrons. The van der Waals surface area contributed by atoms with Gasteiger partial charge in [0, 0.05) is 0 Å². The van der Waals surface area contributed by atoms with Gasteiger partial charge in [0.25, 0.3) is 0 Å². The lowest BCUT2D eigenvalue weighted by Crippen LogP contribution is -1.65. The van der Waals surface area contributed by atoms with Crippen LogP contribution in [-0.2, 0) is 9.68 Å². The Morgan fingerprint density at radius 3 is 1.50 bits per heavy atom. The molecule has 0 unspecified atom stereocenters. The molecule has 0 saturated carbocycles. The first-order chi connectivity index (χ1) is 2.91. The third-order valence-corrected chi connectivity index (χ3v) is 0.197. The van der Waals surface area contributed by atoms with Crippen LogP contribution < -0.4 is 0 Å². The lowest BCUT2D eigenvalue weighted by molar-refractivity contribution is 0.0947. The van der Waals surface area contributed by atoms with Crippen LogP contribution in [0.3, 0.4) is 0 Å². The smallest absolute Gasteiger partial charge is 0.108 e. The molecule has 0 atom stereocenters. The second-order valence-corrected chi connectivity index (χ2v) is 0.528. The number of hydrogen-bond donors (Lipinski definition) is 0. The molecule has 4 heteroatoms. The van der Waals surface area contributed by atoms with Crippen molar-refractivity contribution >= 4 is 0 Å². The number of nitrogens with zero attached hydrogens (tertiary/aromatic N) is 2. The quantitative estimate of drug-likeness (QED) is 0.367. The molecule has 0 aliphatic heterocycles. The van der Waals surface area contributed by atoms with Crippen molar-refractivity contribution in [3.8, 4) is 0 Å². The van der Waals surface area contributed by atoms with Gasteiger partial charge in [-0.1, -0.05) is 0 Å². The van der Waals surface area contributed by atoms with E-state index in [1.54, 1.807) is 0 Å². The van der Waals surface area contributed by atoms with Crippen LogP contribution >= 0.6 is 0 Å². The molecule has 0 aliphatic carbocycles. The molecule has 0 aromatic rings. The molecular formula is C2H6N2O2. The van der Waals surface area contributed by atoms with E-state index in [0.29, 0.717) is 0 Å². The number of rotatable bonds is 2. The van der Waals surface area contributed by atoms with E-state index in [1.165, 1.54) is 14.2 Å². The third kappa shape index (κ3) is 3.20. The summed E-state index contributed by atoms with van der Waals surface area (Å²) < 4.78 is 0. The second-order valence-electron chi connectivity index (χ2n) is 0.528. The maximum atomic E-state index is 4.12. The molecule has 0 radical (unpaired) electrons. The average Bonchev–Trinajstić information content (AvgIpc) is 1.61. The Morgan fingerprint density at radius 1 is 1.00 bits per heavy atom. The van der Waals surface area contributed by atoms with Crippen LogP contribution in [0.4, 0.5) is 0 Å². The van der Waals surface area contributed by atoms with E-state index in [2.05, 4.69) is 20.2 Å². The van der Waals surface area contributed by atoms with Gasteiger partial charge in [-0.3, -0.25) is 0 Å². The Labute approximate surface area is 35.7 Å². The second kappa shape index (κ2) is 4.20. The molecule has 0 fully saturated rings. The minimum absolute atomic E-state index is 1.39. The molecule has 0 aromatic heterocycles. The van der Waals surface area contributed by atoms with Crippen molar-refractivity contribution < 1.29 is 9.68 Å². The summed E-state index contributed by atoms with van der Waals surface area (Å²) in [5, 5.41) is 5.99. The maximum Gasteiger partial charge on any atom is 0.108 e. The van der Waals surface area contributed by atoms with Gasteiger partial charge in [-0.2, -0.15) is 0 Å². The zero-order chi connectivity index (χ0) is 4.83. The minimum atomic E-state index is 1.39.